The molecule has 0 spiro atoms. The Labute approximate surface area is 70.6 Å². The second kappa shape index (κ2) is 2.71. The topological polar surface area (TPSA) is 69.6 Å². The molecule has 2 rings (SSSR count). The van der Waals surface area contributed by atoms with Crippen molar-refractivity contribution in [2.75, 3.05) is 19.7 Å². The summed E-state index contributed by atoms with van der Waals surface area (Å²) in [4.78, 5) is 10.8. The Morgan fingerprint density at radius 2 is 2.08 bits per heavy atom. The molecule has 0 radical (unpaired) electrons. The minimum Gasteiger partial charge on any atom is -0.481 e. The maximum absolute atomic E-state index is 10.8. The van der Waals surface area contributed by atoms with E-state index in [1.54, 1.807) is 0 Å². The zero-order chi connectivity index (χ0) is 8.72. The van der Waals surface area contributed by atoms with Crippen LogP contribution in [0.25, 0.3) is 0 Å². The van der Waals surface area contributed by atoms with Crippen molar-refractivity contribution in [3.63, 3.8) is 0 Å². The Balaban J connectivity index is 2.08. The molecule has 3 N–H and O–H groups in total. The van der Waals surface area contributed by atoms with E-state index >= 15 is 0 Å². The van der Waals surface area contributed by atoms with Crippen LogP contribution in [0.3, 0.4) is 0 Å². The van der Waals surface area contributed by atoms with Gasteiger partial charge < -0.3 is 15.5 Å². The molecule has 0 aromatic carbocycles. The molecule has 4 unspecified atom stereocenters. The molecular formula is C8H13NO3. The molecule has 0 amide bonds. The summed E-state index contributed by atoms with van der Waals surface area (Å²) in [5.41, 5.74) is 0. The molecule has 4 nitrogen and oxygen atoms in total. The highest BCUT2D eigenvalue weighted by Gasteiger charge is 2.55. The van der Waals surface area contributed by atoms with E-state index in [-0.39, 0.29) is 24.4 Å². The summed E-state index contributed by atoms with van der Waals surface area (Å²) in [5.74, 6) is -0.410. The zero-order valence-electron chi connectivity index (χ0n) is 6.73. The Kier molecular flexibility index (Phi) is 1.81. The van der Waals surface area contributed by atoms with Crippen molar-refractivity contribution in [3.8, 4) is 0 Å². The Hall–Kier alpha value is -0.610. The van der Waals surface area contributed by atoms with Crippen molar-refractivity contribution in [1.29, 1.82) is 0 Å². The summed E-state index contributed by atoms with van der Waals surface area (Å²) in [6.07, 6.45) is 0. The monoisotopic (exact) mass is 171 g/mol. The maximum atomic E-state index is 10.8. The normalized spacial score (nSPS) is 45.1. The van der Waals surface area contributed by atoms with Crippen LogP contribution < -0.4 is 5.32 Å². The van der Waals surface area contributed by atoms with Gasteiger partial charge in [0, 0.05) is 6.61 Å². The number of hydrogen-bond donors (Lipinski definition) is 3. The van der Waals surface area contributed by atoms with Crippen LogP contribution in [0, 0.1) is 23.7 Å². The number of aliphatic carboxylic acids is 1. The van der Waals surface area contributed by atoms with Crippen LogP contribution in [0.15, 0.2) is 0 Å². The SMILES string of the molecule is O=C(O)C1C(CO)C2CNCC21. The minimum absolute atomic E-state index is 0.0116. The number of hydrogen-bond acceptors (Lipinski definition) is 3. The zero-order valence-corrected chi connectivity index (χ0v) is 6.73. The first-order valence-electron chi connectivity index (χ1n) is 4.30. The maximum Gasteiger partial charge on any atom is 0.307 e. The number of aliphatic hydroxyl groups is 1. The molecule has 0 aromatic heterocycles. The molecule has 4 heteroatoms. The van der Waals surface area contributed by atoms with E-state index in [2.05, 4.69) is 5.32 Å². The molecule has 1 aliphatic heterocycles. The van der Waals surface area contributed by atoms with Crippen molar-refractivity contribution in [2.24, 2.45) is 23.7 Å². The molecule has 1 aliphatic carbocycles. The first kappa shape index (κ1) is 8.01. The molecule has 2 fully saturated rings. The molecule has 1 saturated carbocycles. The molecular weight excluding hydrogens is 158 g/mol. The third-order valence-electron chi connectivity index (χ3n) is 3.28. The van der Waals surface area contributed by atoms with Gasteiger partial charge in [-0.15, -0.1) is 0 Å². The molecule has 4 atom stereocenters. The van der Waals surface area contributed by atoms with Crippen molar-refractivity contribution >= 4 is 5.97 Å². The summed E-state index contributed by atoms with van der Waals surface area (Å²) < 4.78 is 0. The van der Waals surface area contributed by atoms with Gasteiger partial charge in [0.1, 0.15) is 0 Å². The average Bonchev–Trinajstić information content (AvgIpc) is 2.34. The quantitative estimate of drug-likeness (QED) is 0.506. The van der Waals surface area contributed by atoms with E-state index in [0.29, 0.717) is 5.92 Å². The highest BCUT2D eigenvalue weighted by molar-refractivity contribution is 5.72. The number of fused-ring (bicyclic) bond motifs is 1. The number of carboxylic acids is 1. The molecule has 0 aromatic rings. The van der Waals surface area contributed by atoms with Gasteiger partial charge in [-0.1, -0.05) is 0 Å². The Bertz CT molecular complexity index is 206. The summed E-state index contributed by atoms with van der Waals surface area (Å²) in [5, 5.41) is 21.0. The molecule has 12 heavy (non-hydrogen) atoms. The fourth-order valence-corrected chi connectivity index (χ4v) is 2.64. The molecule has 1 saturated heterocycles. The van der Waals surface area contributed by atoms with Crippen molar-refractivity contribution in [1.82, 2.24) is 5.32 Å². The third kappa shape index (κ3) is 0.881. The molecule has 2 aliphatic rings. The summed E-state index contributed by atoms with van der Waals surface area (Å²) in [6, 6.07) is 0. The van der Waals surface area contributed by atoms with Gasteiger partial charge >= 0.3 is 5.97 Å². The summed E-state index contributed by atoms with van der Waals surface area (Å²) >= 11 is 0. The Morgan fingerprint density at radius 1 is 1.42 bits per heavy atom. The van der Waals surface area contributed by atoms with E-state index in [4.69, 9.17) is 10.2 Å². The number of nitrogens with one attached hydrogen (secondary N) is 1. The lowest BCUT2D eigenvalue weighted by atomic mass is 9.58. The van der Waals surface area contributed by atoms with Crippen LogP contribution in [-0.2, 0) is 4.79 Å². The minimum atomic E-state index is -0.751. The number of carbonyl (C=O) groups is 1. The van der Waals surface area contributed by atoms with Gasteiger partial charge in [0.25, 0.3) is 0 Å². The van der Waals surface area contributed by atoms with E-state index < -0.39 is 5.97 Å². The predicted molar refractivity (Wildman–Crippen MR) is 41.6 cm³/mol. The van der Waals surface area contributed by atoms with Crippen LogP contribution in [-0.4, -0.2) is 35.9 Å². The lowest BCUT2D eigenvalue weighted by Crippen LogP contribution is -2.51. The van der Waals surface area contributed by atoms with Crippen molar-refractivity contribution in [2.45, 2.75) is 0 Å². The van der Waals surface area contributed by atoms with E-state index in [1.165, 1.54) is 0 Å². The van der Waals surface area contributed by atoms with Gasteiger partial charge in [0.05, 0.1) is 5.92 Å². The van der Waals surface area contributed by atoms with Gasteiger partial charge in [-0.05, 0) is 30.8 Å². The number of aliphatic hydroxyl groups excluding tert-OH is 1. The summed E-state index contributed by atoms with van der Waals surface area (Å²) in [6.45, 7) is 1.69. The largest absolute Gasteiger partial charge is 0.481 e. The second-order valence-corrected chi connectivity index (χ2v) is 3.70. The fraction of sp³-hybridized carbons (Fsp3) is 0.875. The Morgan fingerprint density at radius 3 is 2.67 bits per heavy atom. The van der Waals surface area contributed by atoms with Crippen LogP contribution in [0.2, 0.25) is 0 Å². The average molecular weight is 171 g/mol. The van der Waals surface area contributed by atoms with E-state index in [1.807, 2.05) is 0 Å². The molecule has 0 bridgehead atoms. The lowest BCUT2D eigenvalue weighted by molar-refractivity contribution is -0.158. The van der Waals surface area contributed by atoms with E-state index in [0.717, 1.165) is 13.1 Å². The highest BCUT2D eigenvalue weighted by Crippen LogP contribution is 2.47. The highest BCUT2D eigenvalue weighted by atomic mass is 16.4. The van der Waals surface area contributed by atoms with Gasteiger partial charge in [-0.3, -0.25) is 4.79 Å². The summed E-state index contributed by atoms with van der Waals surface area (Å²) in [7, 11) is 0. The first-order chi connectivity index (χ1) is 5.75. The number of carboxylic acid groups (broad SMARTS) is 1. The van der Waals surface area contributed by atoms with Gasteiger partial charge in [-0.25, -0.2) is 0 Å². The van der Waals surface area contributed by atoms with Gasteiger partial charge in [0.15, 0.2) is 0 Å². The second-order valence-electron chi connectivity index (χ2n) is 3.70. The smallest absolute Gasteiger partial charge is 0.307 e. The predicted octanol–water partition coefficient (Wildman–Crippen LogP) is -0.855. The van der Waals surface area contributed by atoms with Crippen LogP contribution >= 0.6 is 0 Å². The molecule has 1 heterocycles. The van der Waals surface area contributed by atoms with Crippen LogP contribution in [0.5, 0.6) is 0 Å². The standard InChI is InChI=1S/C8H13NO3/c10-3-6-4-1-9-2-5(4)7(6)8(11)12/h4-7,9-10H,1-3H2,(H,11,12). The van der Waals surface area contributed by atoms with Crippen molar-refractivity contribution < 1.29 is 15.0 Å². The third-order valence-corrected chi connectivity index (χ3v) is 3.28. The van der Waals surface area contributed by atoms with Crippen LogP contribution in [0.1, 0.15) is 0 Å². The van der Waals surface area contributed by atoms with Gasteiger partial charge in [0.2, 0.25) is 0 Å². The van der Waals surface area contributed by atoms with E-state index in [9.17, 15) is 4.79 Å². The lowest BCUT2D eigenvalue weighted by Gasteiger charge is -2.44. The van der Waals surface area contributed by atoms with Gasteiger partial charge in [-0.2, -0.15) is 0 Å². The fourth-order valence-electron chi connectivity index (χ4n) is 2.64. The van der Waals surface area contributed by atoms with Crippen molar-refractivity contribution in [3.05, 3.63) is 0 Å². The number of rotatable bonds is 2. The van der Waals surface area contributed by atoms with Crippen LogP contribution in [0.4, 0.5) is 0 Å². The molecule has 68 valence electrons. The first-order valence-corrected chi connectivity index (χ1v) is 4.30.